The Bertz CT molecular complexity index is 601. The van der Waals surface area contributed by atoms with Crippen molar-refractivity contribution in [2.45, 2.75) is 12.8 Å². The Kier molecular flexibility index (Phi) is 3.78. The van der Waals surface area contributed by atoms with Crippen LogP contribution in [0.15, 0.2) is 30.5 Å². The minimum Gasteiger partial charge on any atom is -0.490 e. The van der Waals surface area contributed by atoms with Crippen LogP contribution in [0.25, 0.3) is 11.3 Å². The van der Waals surface area contributed by atoms with E-state index in [2.05, 4.69) is 9.97 Å². The summed E-state index contributed by atoms with van der Waals surface area (Å²) in [5.41, 5.74) is 7.41. The highest BCUT2D eigenvalue weighted by molar-refractivity contribution is 5.63. The van der Waals surface area contributed by atoms with Crippen molar-refractivity contribution in [1.29, 1.82) is 0 Å². The largest absolute Gasteiger partial charge is 0.490 e. The number of hydrogen-bond acceptors (Lipinski definition) is 5. The fraction of sp³-hybridized carbons (Fsp3) is 0.333. The number of ether oxygens (including phenoxy) is 2. The first kappa shape index (κ1) is 12.9. The molecule has 0 radical (unpaired) electrons. The Balaban J connectivity index is 1.94. The maximum Gasteiger partial charge on any atom is 0.161 e. The third-order valence-electron chi connectivity index (χ3n) is 3.12. The second-order valence-electron chi connectivity index (χ2n) is 4.61. The first-order valence-electron chi connectivity index (χ1n) is 6.79. The molecule has 5 heteroatoms. The van der Waals surface area contributed by atoms with Gasteiger partial charge in [0.2, 0.25) is 0 Å². The van der Waals surface area contributed by atoms with Gasteiger partial charge in [-0.2, -0.15) is 0 Å². The first-order valence-corrected chi connectivity index (χ1v) is 6.79. The van der Waals surface area contributed by atoms with E-state index in [0.717, 1.165) is 35.0 Å². The van der Waals surface area contributed by atoms with Gasteiger partial charge in [-0.3, -0.25) is 0 Å². The van der Waals surface area contributed by atoms with E-state index in [4.69, 9.17) is 15.2 Å². The van der Waals surface area contributed by atoms with Crippen LogP contribution in [0.2, 0.25) is 0 Å². The molecule has 1 aromatic carbocycles. The summed E-state index contributed by atoms with van der Waals surface area (Å²) in [6, 6.07) is 7.78. The van der Waals surface area contributed by atoms with E-state index in [1.54, 1.807) is 6.20 Å². The third kappa shape index (κ3) is 2.72. The second-order valence-corrected chi connectivity index (χ2v) is 4.61. The highest BCUT2D eigenvalue weighted by Crippen LogP contribution is 2.33. The topological polar surface area (TPSA) is 70.3 Å². The van der Waals surface area contributed by atoms with Gasteiger partial charge in [-0.1, -0.05) is 0 Å². The van der Waals surface area contributed by atoms with Crippen LogP contribution >= 0.6 is 0 Å². The number of nitrogens with zero attached hydrogens (tertiary/aromatic N) is 2. The molecule has 0 amide bonds. The zero-order chi connectivity index (χ0) is 13.8. The van der Waals surface area contributed by atoms with Crippen LogP contribution in [-0.4, -0.2) is 29.7 Å². The molecule has 2 N–H and O–H groups in total. The van der Waals surface area contributed by atoms with E-state index in [1.807, 2.05) is 24.3 Å². The molecule has 0 unspecified atom stereocenters. The van der Waals surface area contributed by atoms with Gasteiger partial charge in [-0.05, 0) is 30.8 Å². The molecule has 1 aliphatic rings. The van der Waals surface area contributed by atoms with Crippen molar-refractivity contribution in [2.24, 2.45) is 5.73 Å². The summed E-state index contributed by atoms with van der Waals surface area (Å²) in [5.74, 6) is 2.33. The van der Waals surface area contributed by atoms with E-state index in [-0.39, 0.29) is 0 Å². The second kappa shape index (κ2) is 5.88. The van der Waals surface area contributed by atoms with E-state index in [9.17, 15) is 0 Å². The van der Waals surface area contributed by atoms with Gasteiger partial charge in [0.15, 0.2) is 11.5 Å². The van der Waals surface area contributed by atoms with Crippen molar-refractivity contribution < 1.29 is 9.47 Å². The summed E-state index contributed by atoms with van der Waals surface area (Å²) in [7, 11) is 0. The molecule has 0 spiro atoms. The van der Waals surface area contributed by atoms with Crippen molar-refractivity contribution in [3.8, 4) is 22.8 Å². The maximum atomic E-state index is 5.70. The summed E-state index contributed by atoms with van der Waals surface area (Å²) in [6.07, 6.45) is 3.34. The monoisotopic (exact) mass is 271 g/mol. The molecular weight excluding hydrogens is 254 g/mol. The van der Waals surface area contributed by atoms with Crippen molar-refractivity contribution in [3.63, 3.8) is 0 Å². The van der Waals surface area contributed by atoms with Crippen molar-refractivity contribution in [3.05, 3.63) is 36.3 Å². The first-order chi connectivity index (χ1) is 9.86. The molecule has 0 aliphatic carbocycles. The number of nitrogens with two attached hydrogens (primary N) is 1. The summed E-state index contributed by atoms with van der Waals surface area (Å²) in [4.78, 5) is 8.73. The molecule has 0 bridgehead atoms. The van der Waals surface area contributed by atoms with Crippen molar-refractivity contribution >= 4 is 0 Å². The summed E-state index contributed by atoms with van der Waals surface area (Å²) in [6.45, 7) is 1.92. The molecule has 0 saturated carbocycles. The Labute approximate surface area is 117 Å². The highest BCUT2D eigenvalue weighted by atomic mass is 16.5. The van der Waals surface area contributed by atoms with Crippen LogP contribution in [0.5, 0.6) is 11.5 Å². The molecular formula is C15H17N3O2. The van der Waals surface area contributed by atoms with Crippen LogP contribution in [-0.2, 0) is 6.42 Å². The van der Waals surface area contributed by atoms with Gasteiger partial charge in [0.25, 0.3) is 0 Å². The SMILES string of the molecule is NCCc1nccc(-c2ccc3c(c2)OCCCO3)n1. The normalized spacial score (nSPS) is 13.8. The lowest BCUT2D eigenvalue weighted by Gasteiger charge is -2.09. The molecule has 1 aliphatic heterocycles. The summed E-state index contributed by atoms with van der Waals surface area (Å²) < 4.78 is 11.3. The van der Waals surface area contributed by atoms with Crippen molar-refractivity contribution in [2.75, 3.05) is 19.8 Å². The lowest BCUT2D eigenvalue weighted by Crippen LogP contribution is -2.06. The molecule has 0 saturated heterocycles. The van der Waals surface area contributed by atoms with E-state index in [0.29, 0.717) is 26.2 Å². The van der Waals surface area contributed by atoms with E-state index >= 15 is 0 Å². The summed E-state index contributed by atoms with van der Waals surface area (Å²) in [5, 5.41) is 0. The molecule has 0 atom stereocenters. The molecule has 0 fully saturated rings. The molecule has 5 nitrogen and oxygen atoms in total. The molecule has 3 rings (SSSR count). The number of fused-ring (bicyclic) bond motifs is 1. The zero-order valence-electron chi connectivity index (χ0n) is 11.2. The predicted molar refractivity (Wildman–Crippen MR) is 75.8 cm³/mol. The maximum absolute atomic E-state index is 5.70. The van der Waals surface area contributed by atoms with Crippen LogP contribution in [0.3, 0.4) is 0 Å². The van der Waals surface area contributed by atoms with E-state index < -0.39 is 0 Å². The van der Waals surface area contributed by atoms with Crippen LogP contribution < -0.4 is 15.2 Å². The lowest BCUT2D eigenvalue weighted by atomic mass is 10.1. The third-order valence-corrected chi connectivity index (χ3v) is 3.12. The quantitative estimate of drug-likeness (QED) is 0.921. The Morgan fingerprint density at radius 1 is 1.10 bits per heavy atom. The van der Waals surface area contributed by atoms with E-state index in [1.165, 1.54) is 0 Å². The number of benzene rings is 1. The van der Waals surface area contributed by atoms with Gasteiger partial charge in [0.05, 0.1) is 18.9 Å². The zero-order valence-corrected chi connectivity index (χ0v) is 11.2. The smallest absolute Gasteiger partial charge is 0.161 e. The van der Waals surface area contributed by atoms with Gasteiger partial charge in [-0.15, -0.1) is 0 Å². The minimum absolute atomic E-state index is 0.546. The van der Waals surface area contributed by atoms with Gasteiger partial charge < -0.3 is 15.2 Å². The number of hydrogen-bond donors (Lipinski definition) is 1. The van der Waals surface area contributed by atoms with Crippen molar-refractivity contribution in [1.82, 2.24) is 9.97 Å². The Morgan fingerprint density at radius 3 is 2.80 bits per heavy atom. The lowest BCUT2D eigenvalue weighted by molar-refractivity contribution is 0.297. The number of aromatic nitrogens is 2. The fourth-order valence-corrected chi connectivity index (χ4v) is 2.13. The number of rotatable bonds is 3. The average molecular weight is 271 g/mol. The standard InChI is InChI=1S/C15H17N3O2/c16-6-4-15-17-7-5-12(18-15)11-2-3-13-14(10-11)20-9-1-8-19-13/h2-3,5,7,10H,1,4,6,8-9,16H2. The Hall–Kier alpha value is -2.14. The van der Waals surface area contributed by atoms with Gasteiger partial charge in [0, 0.05) is 24.6 Å². The summed E-state index contributed by atoms with van der Waals surface area (Å²) >= 11 is 0. The molecule has 1 aromatic heterocycles. The van der Waals surface area contributed by atoms with Gasteiger partial charge in [0.1, 0.15) is 5.82 Å². The van der Waals surface area contributed by atoms with Crippen LogP contribution in [0, 0.1) is 0 Å². The fourth-order valence-electron chi connectivity index (χ4n) is 2.13. The van der Waals surface area contributed by atoms with Crippen LogP contribution in [0.4, 0.5) is 0 Å². The minimum atomic E-state index is 0.546. The average Bonchev–Trinajstić information content (AvgIpc) is 2.72. The molecule has 2 heterocycles. The molecule has 104 valence electrons. The van der Waals surface area contributed by atoms with Crippen LogP contribution in [0.1, 0.15) is 12.2 Å². The predicted octanol–water partition coefficient (Wildman–Crippen LogP) is 1.81. The Morgan fingerprint density at radius 2 is 1.95 bits per heavy atom. The van der Waals surface area contributed by atoms with Gasteiger partial charge in [-0.25, -0.2) is 9.97 Å². The van der Waals surface area contributed by atoms with Gasteiger partial charge >= 0.3 is 0 Å². The highest BCUT2D eigenvalue weighted by Gasteiger charge is 2.12. The molecule has 2 aromatic rings. The molecule has 20 heavy (non-hydrogen) atoms.